The molecule has 1 aromatic rings. The summed E-state index contributed by atoms with van der Waals surface area (Å²) in [7, 11) is 0. The summed E-state index contributed by atoms with van der Waals surface area (Å²) in [5.74, 6) is 3.61. The van der Waals surface area contributed by atoms with Crippen molar-refractivity contribution in [3.63, 3.8) is 0 Å². The Labute approximate surface area is 137 Å². The summed E-state index contributed by atoms with van der Waals surface area (Å²) in [6.07, 6.45) is 6.48. The van der Waals surface area contributed by atoms with Crippen molar-refractivity contribution in [3.05, 3.63) is 29.8 Å². The molecule has 5 atom stereocenters. The average molecular weight is 312 g/mol. The maximum atomic E-state index is 12.2. The van der Waals surface area contributed by atoms with E-state index in [0.29, 0.717) is 5.92 Å². The van der Waals surface area contributed by atoms with Crippen LogP contribution in [0.1, 0.15) is 49.4 Å². The lowest BCUT2D eigenvalue weighted by atomic mass is 9.67. The highest BCUT2D eigenvalue weighted by Crippen LogP contribution is 2.57. The summed E-state index contributed by atoms with van der Waals surface area (Å²) in [6.45, 7) is 2.23. The van der Waals surface area contributed by atoms with Crippen molar-refractivity contribution >= 4 is 11.6 Å². The number of nitrogens with one attached hydrogen (secondary N) is 1. The zero-order valence-electron chi connectivity index (χ0n) is 13.5. The van der Waals surface area contributed by atoms with Crippen LogP contribution >= 0.6 is 0 Å². The fourth-order valence-electron chi connectivity index (χ4n) is 5.21. The summed E-state index contributed by atoms with van der Waals surface area (Å²) in [6, 6.07) is 6.58. The first-order valence-electron chi connectivity index (χ1n) is 8.78. The molecular formula is C19H24N2O2. The second-order valence-electron chi connectivity index (χ2n) is 7.56. The first-order chi connectivity index (χ1) is 11.1. The third-order valence-electron chi connectivity index (χ3n) is 6.36. The first kappa shape index (κ1) is 14.7. The molecule has 0 saturated heterocycles. The van der Waals surface area contributed by atoms with E-state index in [4.69, 9.17) is 0 Å². The molecule has 23 heavy (non-hydrogen) atoms. The van der Waals surface area contributed by atoms with Gasteiger partial charge in [-0.1, -0.05) is 19.1 Å². The smallest absolute Gasteiger partial charge is 0.275 e. The van der Waals surface area contributed by atoms with Crippen molar-refractivity contribution in [2.45, 2.75) is 39.0 Å². The monoisotopic (exact) mass is 312 g/mol. The number of fused-ring (bicyclic) bond motifs is 5. The number of hydrazone groups is 1. The molecule has 4 heteroatoms. The average Bonchev–Trinajstić information content (AvgIpc) is 3.14. The first-order valence-corrected chi connectivity index (χ1v) is 8.78. The van der Waals surface area contributed by atoms with E-state index in [1.54, 1.807) is 18.2 Å². The number of rotatable bonds is 2. The fraction of sp³-hybridized carbons (Fsp3) is 0.579. The molecule has 3 fully saturated rings. The number of para-hydroxylation sites is 1. The lowest BCUT2D eigenvalue weighted by molar-refractivity contribution is 0.0951. The molecule has 0 heterocycles. The van der Waals surface area contributed by atoms with Crippen LogP contribution in [0, 0.1) is 29.6 Å². The molecule has 2 bridgehead atoms. The van der Waals surface area contributed by atoms with Crippen LogP contribution in [-0.4, -0.2) is 16.7 Å². The van der Waals surface area contributed by atoms with E-state index in [1.165, 1.54) is 31.7 Å². The second kappa shape index (κ2) is 5.66. The van der Waals surface area contributed by atoms with Crippen LogP contribution < -0.4 is 5.43 Å². The maximum Gasteiger partial charge on any atom is 0.275 e. The second-order valence-corrected chi connectivity index (χ2v) is 7.56. The molecule has 4 nitrogen and oxygen atoms in total. The van der Waals surface area contributed by atoms with E-state index < -0.39 is 0 Å². The number of phenolic OH excluding ortho intramolecular Hbond substituents is 1. The van der Waals surface area contributed by atoms with Crippen LogP contribution in [0.25, 0.3) is 0 Å². The Morgan fingerprint density at radius 1 is 1.17 bits per heavy atom. The van der Waals surface area contributed by atoms with E-state index in [2.05, 4.69) is 17.5 Å². The molecule has 2 N–H and O–H groups in total. The van der Waals surface area contributed by atoms with E-state index >= 15 is 0 Å². The van der Waals surface area contributed by atoms with Gasteiger partial charge in [-0.3, -0.25) is 4.79 Å². The third-order valence-corrected chi connectivity index (χ3v) is 6.36. The van der Waals surface area contributed by atoms with Crippen LogP contribution in [0.5, 0.6) is 5.75 Å². The molecule has 3 saturated carbocycles. The standard InChI is InChI=1S/C19H24N2O2/c1-11-8-15-12-6-7-13(9-12)16(15)10-17(11)20-21-19(23)14-4-2-3-5-18(14)22/h2-5,11-13,15-16,22H,6-10H2,1H3,(H,21,23)/b20-17+/t11-,12+,13+,15-,16+/m1/s1. The number of amides is 1. The van der Waals surface area contributed by atoms with Gasteiger partial charge in [0.15, 0.2) is 0 Å². The number of hydrogen-bond acceptors (Lipinski definition) is 3. The van der Waals surface area contributed by atoms with E-state index in [9.17, 15) is 9.90 Å². The van der Waals surface area contributed by atoms with Crippen molar-refractivity contribution < 1.29 is 9.90 Å². The van der Waals surface area contributed by atoms with Crippen molar-refractivity contribution in [1.82, 2.24) is 5.43 Å². The predicted molar refractivity (Wildman–Crippen MR) is 89.2 cm³/mol. The predicted octanol–water partition coefficient (Wildman–Crippen LogP) is 3.57. The molecule has 3 aliphatic carbocycles. The number of carbonyl (C=O) groups excluding carboxylic acids is 1. The molecule has 4 rings (SSSR count). The van der Waals surface area contributed by atoms with Crippen LogP contribution in [-0.2, 0) is 0 Å². The van der Waals surface area contributed by atoms with Gasteiger partial charge in [-0.25, -0.2) is 5.43 Å². The molecule has 3 aliphatic rings. The molecule has 0 spiro atoms. The maximum absolute atomic E-state index is 12.2. The molecule has 0 unspecified atom stereocenters. The van der Waals surface area contributed by atoms with Gasteiger partial charge in [-0.2, -0.15) is 5.10 Å². The van der Waals surface area contributed by atoms with Crippen molar-refractivity contribution in [2.75, 3.05) is 0 Å². The van der Waals surface area contributed by atoms with Crippen LogP contribution in [0.3, 0.4) is 0 Å². The van der Waals surface area contributed by atoms with Crippen LogP contribution in [0.2, 0.25) is 0 Å². The Morgan fingerprint density at radius 2 is 1.91 bits per heavy atom. The number of hydrogen-bond donors (Lipinski definition) is 2. The number of benzene rings is 1. The van der Waals surface area contributed by atoms with Gasteiger partial charge in [0.1, 0.15) is 5.75 Å². The number of phenols is 1. The zero-order chi connectivity index (χ0) is 16.0. The minimum Gasteiger partial charge on any atom is -0.507 e. The summed E-state index contributed by atoms with van der Waals surface area (Å²) >= 11 is 0. The Kier molecular flexibility index (Phi) is 3.63. The molecule has 1 aromatic carbocycles. The summed E-state index contributed by atoms with van der Waals surface area (Å²) in [4.78, 5) is 12.2. The van der Waals surface area contributed by atoms with Crippen LogP contribution in [0.4, 0.5) is 0 Å². The number of aromatic hydroxyl groups is 1. The Balaban J connectivity index is 1.46. The summed E-state index contributed by atoms with van der Waals surface area (Å²) < 4.78 is 0. The summed E-state index contributed by atoms with van der Waals surface area (Å²) in [5.41, 5.74) is 4.06. The van der Waals surface area contributed by atoms with E-state index in [-0.39, 0.29) is 17.2 Å². The fourth-order valence-corrected chi connectivity index (χ4v) is 5.21. The van der Waals surface area contributed by atoms with Gasteiger partial charge < -0.3 is 5.11 Å². The Bertz CT molecular complexity index is 655. The van der Waals surface area contributed by atoms with Crippen molar-refractivity contribution in [1.29, 1.82) is 0 Å². The minimum atomic E-state index is -0.335. The SMILES string of the molecule is C[C@@H]1C[C@@H]2[C@H]3CC[C@@H](C3)[C@@H]2C/C1=N\NC(=O)c1ccccc1O. The topological polar surface area (TPSA) is 61.7 Å². The molecule has 0 radical (unpaired) electrons. The molecule has 122 valence electrons. The largest absolute Gasteiger partial charge is 0.507 e. The van der Waals surface area contributed by atoms with Crippen molar-refractivity contribution in [3.8, 4) is 5.75 Å². The molecule has 0 aromatic heterocycles. The molecular weight excluding hydrogens is 288 g/mol. The Morgan fingerprint density at radius 3 is 2.70 bits per heavy atom. The molecule has 1 amide bonds. The van der Waals surface area contributed by atoms with E-state index in [1.807, 2.05) is 0 Å². The normalized spacial score (nSPS) is 36.9. The molecule has 0 aliphatic heterocycles. The lowest BCUT2D eigenvalue weighted by Gasteiger charge is -2.38. The Hall–Kier alpha value is -1.84. The highest BCUT2D eigenvalue weighted by atomic mass is 16.3. The van der Waals surface area contributed by atoms with Crippen molar-refractivity contribution in [2.24, 2.45) is 34.7 Å². The van der Waals surface area contributed by atoms with Gasteiger partial charge >= 0.3 is 0 Å². The van der Waals surface area contributed by atoms with Gasteiger partial charge in [0.25, 0.3) is 5.91 Å². The van der Waals surface area contributed by atoms with Gasteiger partial charge in [-0.15, -0.1) is 0 Å². The lowest BCUT2D eigenvalue weighted by Crippen LogP contribution is -2.36. The van der Waals surface area contributed by atoms with Gasteiger partial charge in [0.05, 0.1) is 5.56 Å². The third kappa shape index (κ3) is 2.54. The summed E-state index contributed by atoms with van der Waals surface area (Å²) in [5, 5.41) is 14.2. The minimum absolute atomic E-state index is 0.00457. The quantitative estimate of drug-likeness (QED) is 0.820. The van der Waals surface area contributed by atoms with Gasteiger partial charge in [0.2, 0.25) is 0 Å². The number of nitrogens with zero attached hydrogens (tertiary/aromatic N) is 1. The zero-order valence-corrected chi connectivity index (χ0v) is 13.5. The van der Waals surface area contributed by atoms with Crippen LogP contribution in [0.15, 0.2) is 29.4 Å². The van der Waals surface area contributed by atoms with E-state index in [0.717, 1.165) is 35.8 Å². The van der Waals surface area contributed by atoms with Gasteiger partial charge in [-0.05, 0) is 73.8 Å². The highest BCUT2D eigenvalue weighted by Gasteiger charge is 2.50. The van der Waals surface area contributed by atoms with Gasteiger partial charge in [0, 0.05) is 5.71 Å². The highest BCUT2D eigenvalue weighted by molar-refractivity contribution is 5.98. The number of carbonyl (C=O) groups is 1.